The Kier molecular flexibility index (Phi) is 4.19. The smallest absolute Gasteiger partial charge is 0.389 e. The molecule has 0 aliphatic heterocycles. The highest BCUT2D eigenvalue weighted by atomic mass is 19.4. The largest absolute Gasteiger partial charge is 0.444 e. The van der Waals surface area contributed by atoms with Crippen LogP contribution in [0.4, 0.5) is 13.2 Å². The first-order chi connectivity index (χ1) is 7.66. The molecule has 1 N–H and O–H groups in total. The van der Waals surface area contributed by atoms with E-state index in [9.17, 15) is 13.2 Å². The summed E-state index contributed by atoms with van der Waals surface area (Å²) in [5.74, 6) is 0.685. The van der Waals surface area contributed by atoms with Crippen LogP contribution >= 0.6 is 0 Å². The van der Waals surface area contributed by atoms with Crippen molar-refractivity contribution >= 4 is 0 Å². The van der Waals surface area contributed by atoms with Crippen molar-refractivity contribution in [2.24, 2.45) is 0 Å². The predicted molar refractivity (Wildman–Crippen MR) is 57.5 cm³/mol. The Morgan fingerprint density at radius 3 is 2.47 bits per heavy atom. The summed E-state index contributed by atoms with van der Waals surface area (Å²) in [5, 5.41) is 3.15. The molecule has 0 saturated heterocycles. The zero-order chi connectivity index (χ0) is 13.1. The van der Waals surface area contributed by atoms with E-state index in [1.807, 2.05) is 20.8 Å². The molecular weight excluding hydrogens is 233 g/mol. The molecule has 1 aromatic rings. The van der Waals surface area contributed by atoms with Crippen molar-refractivity contribution in [3.8, 4) is 0 Å². The molecule has 0 saturated carbocycles. The first-order valence-electron chi connectivity index (χ1n) is 5.41. The topological polar surface area (TPSA) is 38.1 Å². The van der Waals surface area contributed by atoms with Crippen LogP contribution in [0.15, 0.2) is 10.6 Å². The van der Waals surface area contributed by atoms with Gasteiger partial charge in [0.05, 0.1) is 19.2 Å². The normalized spacial score (nSPS) is 13.1. The maximum Gasteiger partial charge on any atom is 0.389 e. The summed E-state index contributed by atoms with van der Waals surface area (Å²) < 4.78 is 41.1. The average molecular weight is 250 g/mol. The Hall–Kier alpha value is -1.04. The van der Waals surface area contributed by atoms with Crippen molar-refractivity contribution in [1.82, 2.24) is 10.3 Å². The molecule has 0 radical (unpaired) electrons. The lowest BCUT2D eigenvalue weighted by molar-refractivity contribution is -0.134. The van der Waals surface area contributed by atoms with Gasteiger partial charge in [-0.15, -0.1) is 0 Å². The monoisotopic (exact) mass is 250 g/mol. The van der Waals surface area contributed by atoms with Gasteiger partial charge in [-0.1, -0.05) is 0 Å². The highest BCUT2D eigenvalue weighted by Gasteiger charge is 2.27. The van der Waals surface area contributed by atoms with Crippen LogP contribution in [0.5, 0.6) is 0 Å². The third kappa shape index (κ3) is 6.31. The third-order valence-corrected chi connectivity index (χ3v) is 2.03. The van der Waals surface area contributed by atoms with Crippen molar-refractivity contribution in [2.75, 3.05) is 0 Å². The molecule has 98 valence electrons. The van der Waals surface area contributed by atoms with E-state index in [1.165, 1.54) is 6.20 Å². The van der Waals surface area contributed by atoms with Crippen LogP contribution in [0.1, 0.15) is 38.8 Å². The maximum absolute atomic E-state index is 12.0. The molecule has 0 atom stereocenters. The SMILES string of the molecule is CC(C)(C)NCc1ncc(CCC(F)(F)F)o1. The van der Waals surface area contributed by atoms with Crippen LogP contribution < -0.4 is 5.32 Å². The van der Waals surface area contributed by atoms with Crippen LogP contribution in [-0.2, 0) is 13.0 Å². The summed E-state index contributed by atoms with van der Waals surface area (Å²) in [5.41, 5.74) is -0.0827. The number of oxazole rings is 1. The first kappa shape index (κ1) is 14.0. The molecule has 0 fully saturated rings. The number of hydrogen-bond donors (Lipinski definition) is 1. The van der Waals surface area contributed by atoms with Gasteiger partial charge in [0.25, 0.3) is 0 Å². The minimum absolute atomic E-state index is 0.0827. The van der Waals surface area contributed by atoms with Crippen molar-refractivity contribution in [1.29, 1.82) is 0 Å². The lowest BCUT2D eigenvalue weighted by Crippen LogP contribution is -2.35. The number of hydrogen-bond acceptors (Lipinski definition) is 3. The first-order valence-corrected chi connectivity index (χ1v) is 5.41. The molecule has 1 aromatic heterocycles. The number of aromatic nitrogens is 1. The molecule has 17 heavy (non-hydrogen) atoms. The van der Waals surface area contributed by atoms with Gasteiger partial charge in [0.1, 0.15) is 5.76 Å². The molecule has 1 heterocycles. The van der Waals surface area contributed by atoms with Gasteiger partial charge >= 0.3 is 6.18 Å². The van der Waals surface area contributed by atoms with E-state index in [2.05, 4.69) is 10.3 Å². The molecular formula is C11H17F3N2O. The standard InChI is InChI=1S/C11H17F3N2O/c1-10(2,3)16-7-9-15-6-8(17-9)4-5-11(12,13)14/h6,16H,4-5,7H2,1-3H3. The predicted octanol–water partition coefficient (Wildman–Crippen LogP) is 3.06. The molecule has 0 aliphatic carbocycles. The Morgan fingerprint density at radius 2 is 1.94 bits per heavy atom. The summed E-state index contributed by atoms with van der Waals surface area (Å²) in [4.78, 5) is 3.92. The van der Waals surface area contributed by atoms with Crippen molar-refractivity contribution in [3.05, 3.63) is 17.8 Å². The van der Waals surface area contributed by atoms with E-state index in [0.29, 0.717) is 12.4 Å². The quantitative estimate of drug-likeness (QED) is 0.892. The lowest BCUT2D eigenvalue weighted by Gasteiger charge is -2.18. The number of halogens is 3. The molecule has 0 amide bonds. The van der Waals surface area contributed by atoms with E-state index in [4.69, 9.17) is 4.42 Å². The highest BCUT2D eigenvalue weighted by Crippen LogP contribution is 2.22. The second-order valence-electron chi connectivity index (χ2n) is 4.94. The molecule has 0 bridgehead atoms. The van der Waals surface area contributed by atoms with E-state index in [0.717, 1.165) is 0 Å². The number of alkyl halides is 3. The fourth-order valence-electron chi connectivity index (χ4n) is 1.15. The van der Waals surface area contributed by atoms with E-state index >= 15 is 0 Å². The van der Waals surface area contributed by atoms with Crippen molar-refractivity contribution < 1.29 is 17.6 Å². The van der Waals surface area contributed by atoms with Gasteiger partial charge in [-0.25, -0.2) is 4.98 Å². The van der Waals surface area contributed by atoms with Gasteiger partial charge in [-0.2, -0.15) is 13.2 Å². The minimum Gasteiger partial charge on any atom is -0.444 e. The van der Waals surface area contributed by atoms with Gasteiger partial charge in [0, 0.05) is 12.0 Å². The summed E-state index contributed by atoms with van der Waals surface area (Å²) in [7, 11) is 0. The molecule has 0 spiro atoms. The van der Waals surface area contributed by atoms with Crippen LogP contribution in [-0.4, -0.2) is 16.7 Å². The molecule has 1 rings (SSSR count). The Balaban J connectivity index is 2.43. The van der Waals surface area contributed by atoms with E-state index < -0.39 is 12.6 Å². The molecule has 0 aromatic carbocycles. The van der Waals surface area contributed by atoms with Crippen LogP contribution in [0.3, 0.4) is 0 Å². The van der Waals surface area contributed by atoms with Gasteiger partial charge in [-0.05, 0) is 20.8 Å². The maximum atomic E-state index is 12.0. The number of nitrogens with one attached hydrogen (secondary N) is 1. The zero-order valence-electron chi connectivity index (χ0n) is 10.2. The van der Waals surface area contributed by atoms with Gasteiger partial charge in [0.2, 0.25) is 5.89 Å². The lowest BCUT2D eigenvalue weighted by atomic mass is 10.1. The molecule has 3 nitrogen and oxygen atoms in total. The van der Waals surface area contributed by atoms with E-state index in [1.54, 1.807) is 0 Å². The molecule has 6 heteroatoms. The Labute approximate surface area is 98.4 Å². The summed E-state index contributed by atoms with van der Waals surface area (Å²) in [6.45, 7) is 6.37. The highest BCUT2D eigenvalue weighted by molar-refractivity contribution is 4.95. The van der Waals surface area contributed by atoms with Gasteiger partial charge in [-0.3, -0.25) is 0 Å². The Morgan fingerprint density at radius 1 is 1.29 bits per heavy atom. The molecule has 0 aliphatic rings. The zero-order valence-corrected chi connectivity index (χ0v) is 10.2. The van der Waals surface area contributed by atoms with E-state index in [-0.39, 0.29) is 17.7 Å². The second-order valence-corrected chi connectivity index (χ2v) is 4.94. The van der Waals surface area contributed by atoms with Gasteiger partial charge in [0.15, 0.2) is 0 Å². The van der Waals surface area contributed by atoms with Crippen molar-refractivity contribution in [3.63, 3.8) is 0 Å². The average Bonchev–Trinajstić information content (AvgIpc) is 2.57. The van der Waals surface area contributed by atoms with Crippen molar-refractivity contribution in [2.45, 2.75) is 51.9 Å². The van der Waals surface area contributed by atoms with Crippen LogP contribution in [0, 0.1) is 0 Å². The fourth-order valence-corrected chi connectivity index (χ4v) is 1.15. The number of rotatable bonds is 4. The Bertz CT molecular complexity index is 320. The fraction of sp³-hybridized carbons (Fsp3) is 0.727. The second kappa shape index (κ2) is 5.08. The summed E-state index contributed by atoms with van der Waals surface area (Å²) >= 11 is 0. The summed E-state index contributed by atoms with van der Waals surface area (Å²) in [6.07, 6.45) is -3.84. The van der Waals surface area contributed by atoms with Crippen LogP contribution in [0.25, 0.3) is 0 Å². The van der Waals surface area contributed by atoms with Crippen LogP contribution in [0.2, 0.25) is 0 Å². The minimum atomic E-state index is -4.16. The number of nitrogens with zero attached hydrogens (tertiary/aromatic N) is 1. The summed E-state index contributed by atoms with van der Waals surface area (Å²) in [6, 6.07) is 0. The molecule has 0 unspecified atom stereocenters. The third-order valence-electron chi connectivity index (χ3n) is 2.03. The van der Waals surface area contributed by atoms with Gasteiger partial charge < -0.3 is 9.73 Å². The number of aryl methyl sites for hydroxylation is 1.